The van der Waals surface area contributed by atoms with Gasteiger partial charge in [-0.25, -0.2) is 0 Å². The van der Waals surface area contributed by atoms with Crippen LogP contribution in [-0.2, 0) is 4.79 Å². The van der Waals surface area contributed by atoms with Gasteiger partial charge in [0.05, 0.1) is 11.7 Å². The summed E-state index contributed by atoms with van der Waals surface area (Å²) in [5, 5.41) is 3.72. The summed E-state index contributed by atoms with van der Waals surface area (Å²) < 4.78 is 0. The Morgan fingerprint density at radius 3 is 2.58 bits per heavy atom. The molecule has 0 aromatic carbocycles. The van der Waals surface area contributed by atoms with Crippen LogP contribution >= 0.6 is 0 Å². The number of hydrogen-bond donors (Lipinski definition) is 1. The molecule has 0 bridgehead atoms. The Balaban J connectivity index is 1.69. The van der Waals surface area contributed by atoms with Crippen LogP contribution in [-0.4, -0.2) is 29.1 Å². The second-order valence-corrected chi connectivity index (χ2v) is 7.31. The number of amides is 1. The second-order valence-electron chi connectivity index (χ2n) is 7.31. The summed E-state index contributed by atoms with van der Waals surface area (Å²) in [6, 6.07) is 0. The summed E-state index contributed by atoms with van der Waals surface area (Å²) in [5.41, 5.74) is -0.177. The number of carbonyl (C=O) groups is 1. The van der Waals surface area contributed by atoms with E-state index in [-0.39, 0.29) is 5.54 Å². The van der Waals surface area contributed by atoms with Crippen LogP contribution in [0.5, 0.6) is 0 Å². The zero-order valence-electron chi connectivity index (χ0n) is 12.5. The SMILES string of the molecule is CC(C)CC1NC2(CCCC2)C(=O)N1CCC1CC1. The minimum Gasteiger partial charge on any atom is -0.326 e. The molecule has 2 aliphatic carbocycles. The van der Waals surface area contributed by atoms with Gasteiger partial charge in [-0.15, -0.1) is 0 Å². The molecule has 1 amide bonds. The molecule has 108 valence electrons. The molecule has 3 aliphatic rings. The molecule has 0 aromatic rings. The van der Waals surface area contributed by atoms with Gasteiger partial charge in [0.2, 0.25) is 5.91 Å². The van der Waals surface area contributed by atoms with Crippen molar-refractivity contribution >= 4 is 5.91 Å². The third-order valence-electron chi connectivity index (χ3n) is 5.12. The van der Waals surface area contributed by atoms with Crippen LogP contribution in [0, 0.1) is 11.8 Å². The Morgan fingerprint density at radius 1 is 1.32 bits per heavy atom. The van der Waals surface area contributed by atoms with Crippen molar-refractivity contribution in [2.24, 2.45) is 11.8 Å². The first kappa shape index (κ1) is 13.4. The lowest BCUT2D eigenvalue weighted by atomic mass is 9.98. The fourth-order valence-corrected chi connectivity index (χ4v) is 3.83. The van der Waals surface area contributed by atoms with E-state index in [0.29, 0.717) is 18.0 Å². The lowest BCUT2D eigenvalue weighted by Crippen LogP contribution is -2.44. The molecule has 1 N–H and O–H groups in total. The highest BCUT2D eigenvalue weighted by atomic mass is 16.2. The molecule has 1 atom stereocenters. The molecule has 1 saturated heterocycles. The van der Waals surface area contributed by atoms with Crippen molar-refractivity contribution in [1.82, 2.24) is 10.2 Å². The highest BCUT2D eigenvalue weighted by molar-refractivity contribution is 5.89. The Kier molecular flexibility index (Phi) is 3.59. The first-order valence-electron chi connectivity index (χ1n) is 8.19. The van der Waals surface area contributed by atoms with Crippen molar-refractivity contribution in [3.63, 3.8) is 0 Å². The van der Waals surface area contributed by atoms with Crippen LogP contribution in [0.4, 0.5) is 0 Å². The minimum absolute atomic E-state index is 0.177. The smallest absolute Gasteiger partial charge is 0.244 e. The Bertz CT molecular complexity index is 343. The van der Waals surface area contributed by atoms with Crippen molar-refractivity contribution in [2.45, 2.75) is 76.9 Å². The van der Waals surface area contributed by atoms with E-state index in [9.17, 15) is 4.79 Å². The number of rotatable bonds is 5. The molecule has 1 spiro atoms. The van der Waals surface area contributed by atoms with Crippen LogP contribution in [0.2, 0.25) is 0 Å². The van der Waals surface area contributed by atoms with E-state index in [4.69, 9.17) is 0 Å². The molecular formula is C16H28N2O. The van der Waals surface area contributed by atoms with Gasteiger partial charge in [0.15, 0.2) is 0 Å². The van der Waals surface area contributed by atoms with Gasteiger partial charge in [-0.2, -0.15) is 0 Å². The second kappa shape index (κ2) is 5.08. The summed E-state index contributed by atoms with van der Waals surface area (Å²) in [6.45, 7) is 5.49. The highest BCUT2D eigenvalue weighted by Gasteiger charge is 2.52. The maximum atomic E-state index is 12.8. The number of nitrogens with one attached hydrogen (secondary N) is 1. The van der Waals surface area contributed by atoms with E-state index in [1.54, 1.807) is 0 Å². The molecule has 3 nitrogen and oxygen atoms in total. The summed E-state index contributed by atoms with van der Waals surface area (Å²) in [4.78, 5) is 15.0. The van der Waals surface area contributed by atoms with Crippen molar-refractivity contribution in [1.29, 1.82) is 0 Å². The number of hydrogen-bond acceptors (Lipinski definition) is 2. The molecule has 0 aromatic heterocycles. The van der Waals surface area contributed by atoms with Crippen LogP contribution < -0.4 is 5.32 Å². The molecule has 2 saturated carbocycles. The van der Waals surface area contributed by atoms with Crippen molar-refractivity contribution in [2.75, 3.05) is 6.54 Å². The number of nitrogens with zero attached hydrogens (tertiary/aromatic N) is 1. The summed E-state index contributed by atoms with van der Waals surface area (Å²) in [7, 11) is 0. The molecule has 19 heavy (non-hydrogen) atoms. The number of carbonyl (C=O) groups excluding carboxylic acids is 1. The topological polar surface area (TPSA) is 32.3 Å². The van der Waals surface area contributed by atoms with Crippen LogP contribution in [0.15, 0.2) is 0 Å². The summed E-state index contributed by atoms with van der Waals surface area (Å²) in [6.07, 6.45) is 9.92. The Hall–Kier alpha value is -0.570. The molecular weight excluding hydrogens is 236 g/mol. The zero-order valence-corrected chi connectivity index (χ0v) is 12.5. The molecule has 1 unspecified atom stereocenters. The Labute approximate surface area is 117 Å². The van der Waals surface area contributed by atoms with Gasteiger partial charge >= 0.3 is 0 Å². The predicted octanol–water partition coefficient (Wildman–Crippen LogP) is 2.90. The fraction of sp³-hybridized carbons (Fsp3) is 0.938. The van der Waals surface area contributed by atoms with Crippen molar-refractivity contribution in [3.05, 3.63) is 0 Å². The third kappa shape index (κ3) is 2.67. The molecule has 3 rings (SSSR count). The van der Waals surface area contributed by atoms with Crippen LogP contribution in [0.25, 0.3) is 0 Å². The molecule has 1 heterocycles. The van der Waals surface area contributed by atoms with Gasteiger partial charge in [-0.05, 0) is 37.5 Å². The average molecular weight is 264 g/mol. The van der Waals surface area contributed by atoms with Gasteiger partial charge < -0.3 is 4.90 Å². The lowest BCUT2D eigenvalue weighted by molar-refractivity contribution is -0.133. The molecule has 0 radical (unpaired) electrons. The summed E-state index contributed by atoms with van der Waals surface area (Å²) >= 11 is 0. The van der Waals surface area contributed by atoms with Gasteiger partial charge in [0.1, 0.15) is 0 Å². The van der Waals surface area contributed by atoms with E-state index in [1.165, 1.54) is 32.1 Å². The Morgan fingerprint density at radius 2 is 2.00 bits per heavy atom. The fourth-order valence-electron chi connectivity index (χ4n) is 3.83. The van der Waals surface area contributed by atoms with E-state index >= 15 is 0 Å². The largest absolute Gasteiger partial charge is 0.326 e. The van der Waals surface area contributed by atoms with Gasteiger partial charge in [-0.1, -0.05) is 39.5 Å². The maximum absolute atomic E-state index is 12.8. The van der Waals surface area contributed by atoms with Crippen LogP contribution in [0.1, 0.15) is 65.2 Å². The zero-order chi connectivity index (χ0) is 13.5. The maximum Gasteiger partial charge on any atom is 0.244 e. The van der Waals surface area contributed by atoms with Gasteiger partial charge in [0, 0.05) is 6.54 Å². The van der Waals surface area contributed by atoms with Gasteiger partial charge in [-0.3, -0.25) is 10.1 Å². The van der Waals surface area contributed by atoms with E-state index in [2.05, 4.69) is 24.1 Å². The minimum atomic E-state index is -0.177. The molecule has 1 aliphatic heterocycles. The average Bonchev–Trinajstić information content (AvgIpc) is 3.00. The molecule has 3 heteroatoms. The molecule has 3 fully saturated rings. The van der Waals surface area contributed by atoms with E-state index < -0.39 is 0 Å². The predicted molar refractivity (Wildman–Crippen MR) is 76.6 cm³/mol. The summed E-state index contributed by atoms with van der Waals surface area (Å²) in [5.74, 6) is 1.97. The van der Waals surface area contributed by atoms with Crippen molar-refractivity contribution < 1.29 is 4.79 Å². The standard InChI is InChI=1S/C16H28N2O/c1-12(2)11-14-17-16(8-3-4-9-16)15(19)18(14)10-7-13-5-6-13/h12-14,17H,3-11H2,1-2H3. The first-order chi connectivity index (χ1) is 9.11. The monoisotopic (exact) mass is 264 g/mol. The van der Waals surface area contributed by atoms with Crippen LogP contribution in [0.3, 0.4) is 0 Å². The first-order valence-corrected chi connectivity index (χ1v) is 8.19. The third-order valence-corrected chi connectivity index (χ3v) is 5.12. The van der Waals surface area contributed by atoms with Crippen molar-refractivity contribution in [3.8, 4) is 0 Å². The van der Waals surface area contributed by atoms with Gasteiger partial charge in [0.25, 0.3) is 0 Å². The lowest BCUT2D eigenvalue weighted by Gasteiger charge is -2.25. The van der Waals surface area contributed by atoms with E-state index in [1.807, 2.05) is 0 Å². The van der Waals surface area contributed by atoms with E-state index in [0.717, 1.165) is 31.7 Å². The normalized spacial score (nSPS) is 29.9. The highest BCUT2D eigenvalue weighted by Crippen LogP contribution is 2.39. The quantitative estimate of drug-likeness (QED) is 0.828.